The Kier molecular flexibility index (Phi) is 7.68. The van der Waals surface area contributed by atoms with E-state index in [1.54, 1.807) is 36.5 Å². The number of carbonyl (C=O) groups is 1. The van der Waals surface area contributed by atoms with Gasteiger partial charge in [0, 0.05) is 47.8 Å². The summed E-state index contributed by atoms with van der Waals surface area (Å²) in [6.45, 7) is 1.04. The molecule has 10 heteroatoms. The van der Waals surface area contributed by atoms with Crippen LogP contribution in [0.1, 0.15) is 23.3 Å². The van der Waals surface area contributed by atoms with Crippen molar-refractivity contribution in [2.24, 2.45) is 5.41 Å². The van der Waals surface area contributed by atoms with Gasteiger partial charge in [-0.3, -0.25) is 9.78 Å². The molecule has 2 heterocycles. The molecule has 0 spiro atoms. The molecule has 1 fully saturated rings. The molecule has 5 rings (SSSR count). The second-order valence-corrected chi connectivity index (χ2v) is 11.1. The molecule has 1 atom stereocenters. The zero-order chi connectivity index (χ0) is 26.9. The summed E-state index contributed by atoms with van der Waals surface area (Å²) in [6, 6.07) is 14.2. The molecule has 1 aromatic heterocycles. The number of hydrogen-bond donors (Lipinski definition) is 2. The fourth-order valence-corrected chi connectivity index (χ4v) is 6.24. The quantitative estimate of drug-likeness (QED) is 0.174. The Morgan fingerprint density at radius 2 is 1.95 bits per heavy atom. The Bertz CT molecular complexity index is 1480. The molecule has 0 amide bonds. The van der Waals surface area contributed by atoms with Gasteiger partial charge in [-0.2, -0.15) is 0 Å². The van der Waals surface area contributed by atoms with Crippen LogP contribution in [0.4, 0.5) is 14.5 Å². The van der Waals surface area contributed by atoms with Gasteiger partial charge in [-0.05, 0) is 78.9 Å². The first-order valence-corrected chi connectivity index (χ1v) is 13.3. The van der Waals surface area contributed by atoms with Crippen LogP contribution in [0, 0.1) is 22.5 Å². The number of Topliss-reactive ketones (excluding diaryl/α,β-unsaturated/α-hetero) is 1. The van der Waals surface area contributed by atoms with Crippen molar-refractivity contribution in [3.63, 3.8) is 0 Å². The number of rotatable bonds is 7. The van der Waals surface area contributed by atoms with E-state index in [0.29, 0.717) is 52.2 Å². The van der Waals surface area contributed by atoms with E-state index in [1.165, 1.54) is 24.2 Å². The van der Waals surface area contributed by atoms with E-state index in [0.717, 1.165) is 22.6 Å². The van der Waals surface area contributed by atoms with Crippen LogP contribution in [0.15, 0.2) is 88.6 Å². The number of nitrogens with one attached hydrogen (secondary N) is 2. The zero-order valence-corrected chi connectivity index (χ0v) is 22.3. The third-order valence-electron chi connectivity index (χ3n) is 6.68. The van der Waals surface area contributed by atoms with Gasteiger partial charge in [0.05, 0.1) is 15.5 Å². The van der Waals surface area contributed by atoms with Gasteiger partial charge >= 0.3 is 0 Å². The number of fused-ring (bicyclic) bond motifs is 1. The van der Waals surface area contributed by atoms with Crippen molar-refractivity contribution in [2.75, 3.05) is 18.4 Å². The first-order valence-electron chi connectivity index (χ1n) is 11.8. The number of carbonyl (C=O) groups excluding carboxylic acids is 1. The maximum atomic E-state index is 14.1. The molecule has 1 unspecified atom stereocenters. The minimum Gasteiger partial charge on any atom is -0.355 e. The first-order chi connectivity index (χ1) is 18.3. The molecule has 0 saturated carbocycles. The number of pyridine rings is 1. The number of hydrogen-bond acceptors (Lipinski definition) is 6. The van der Waals surface area contributed by atoms with Gasteiger partial charge in [0.1, 0.15) is 5.69 Å². The van der Waals surface area contributed by atoms with E-state index in [2.05, 4.69) is 14.6 Å². The second kappa shape index (κ2) is 11.0. The van der Waals surface area contributed by atoms with Crippen molar-refractivity contribution in [2.45, 2.75) is 17.7 Å². The summed E-state index contributed by atoms with van der Waals surface area (Å²) in [5.41, 5.74) is 1.80. The molecule has 0 radical (unpaired) electrons. The molecule has 0 bridgehead atoms. The fraction of sp³-hybridized carbons (Fsp3) is 0.179. The minimum atomic E-state index is -0.970. The molecular weight excluding hydrogens is 549 g/mol. The van der Waals surface area contributed by atoms with E-state index in [4.69, 9.17) is 28.6 Å². The molecule has 1 aliphatic carbocycles. The van der Waals surface area contributed by atoms with E-state index < -0.39 is 17.0 Å². The van der Waals surface area contributed by atoms with Crippen molar-refractivity contribution >= 4 is 52.8 Å². The van der Waals surface area contributed by atoms with E-state index in [1.807, 2.05) is 12.1 Å². The van der Waals surface area contributed by atoms with Crippen molar-refractivity contribution in [1.29, 1.82) is 5.41 Å². The lowest BCUT2D eigenvalue weighted by molar-refractivity contribution is 0.0775. The molecule has 1 aliphatic heterocycles. The number of nitrogens with zero attached hydrogens (tertiary/aromatic N) is 2. The van der Waals surface area contributed by atoms with E-state index in [9.17, 15) is 13.6 Å². The number of halogens is 4. The lowest BCUT2D eigenvalue weighted by atomic mass is 9.65. The van der Waals surface area contributed by atoms with Crippen LogP contribution < -0.4 is 5.32 Å². The van der Waals surface area contributed by atoms with Crippen molar-refractivity contribution < 1.29 is 13.6 Å². The van der Waals surface area contributed by atoms with Crippen molar-refractivity contribution in [3.05, 3.63) is 111 Å². The smallest absolute Gasteiger partial charge is 0.192 e. The lowest BCUT2D eigenvalue weighted by Gasteiger charge is -2.45. The average molecular weight is 571 g/mol. The topological polar surface area (TPSA) is 69.1 Å². The Balaban J connectivity index is 1.50. The van der Waals surface area contributed by atoms with Crippen LogP contribution in [0.2, 0.25) is 10.0 Å². The summed E-state index contributed by atoms with van der Waals surface area (Å²) >= 11 is 13.8. The maximum absolute atomic E-state index is 14.1. The number of benzene rings is 2. The van der Waals surface area contributed by atoms with Gasteiger partial charge in [-0.25, -0.2) is 13.1 Å². The van der Waals surface area contributed by atoms with Gasteiger partial charge in [0.25, 0.3) is 0 Å². The summed E-state index contributed by atoms with van der Waals surface area (Å²) in [5, 5.41) is 12.2. The predicted octanol–water partition coefficient (Wildman–Crippen LogP) is 7.59. The van der Waals surface area contributed by atoms with Crippen molar-refractivity contribution in [1.82, 2.24) is 9.29 Å². The SMILES string of the molecule is N=CC1=C(Nc2ccc(F)c(F)c2)C=C2CCN(Sc3ccc(Cl)c(Cl)c3)CC2(C(=O)c2ccccn2)C1. The Morgan fingerprint density at radius 1 is 1.11 bits per heavy atom. The minimum absolute atomic E-state index is 0.130. The van der Waals surface area contributed by atoms with Gasteiger partial charge in [0.15, 0.2) is 17.4 Å². The fourth-order valence-electron chi connectivity index (χ4n) is 4.81. The highest BCUT2D eigenvalue weighted by Crippen LogP contribution is 2.48. The van der Waals surface area contributed by atoms with Crippen LogP contribution in [0.25, 0.3) is 0 Å². The second-order valence-electron chi connectivity index (χ2n) is 9.09. The molecule has 194 valence electrons. The summed E-state index contributed by atoms with van der Waals surface area (Å²) in [7, 11) is 0. The largest absolute Gasteiger partial charge is 0.355 e. The first kappa shape index (κ1) is 26.6. The van der Waals surface area contributed by atoms with Gasteiger partial charge in [-0.1, -0.05) is 34.8 Å². The zero-order valence-electron chi connectivity index (χ0n) is 20.0. The predicted molar refractivity (Wildman–Crippen MR) is 148 cm³/mol. The van der Waals surface area contributed by atoms with E-state index >= 15 is 0 Å². The third-order valence-corrected chi connectivity index (χ3v) is 8.45. The normalized spacial score (nSPS) is 19.5. The Hall–Kier alpha value is -3.04. The highest BCUT2D eigenvalue weighted by molar-refractivity contribution is 7.97. The number of aromatic nitrogens is 1. The number of ketones is 1. The molecule has 3 aromatic rings. The Morgan fingerprint density at radius 3 is 2.66 bits per heavy atom. The van der Waals surface area contributed by atoms with Crippen LogP contribution in [0.3, 0.4) is 0 Å². The van der Waals surface area contributed by atoms with Crippen LogP contribution in [-0.2, 0) is 0 Å². The maximum Gasteiger partial charge on any atom is 0.192 e. The number of anilines is 1. The third kappa shape index (κ3) is 5.27. The summed E-state index contributed by atoms with van der Waals surface area (Å²) < 4.78 is 29.4. The van der Waals surface area contributed by atoms with Gasteiger partial charge in [-0.15, -0.1) is 0 Å². The van der Waals surface area contributed by atoms with Crippen LogP contribution in [0.5, 0.6) is 0 Å². The molecule has 2 N–H and O–H groups in total. The number of allylic oxidation sites excluding steroid dienone is 2. The average Bonchev–Trinajstić information content (AvgIpc) is 2.92. The molecule has 2 aliphatic rings. The van der Waals surface area contributed by atoms with Crippen LogP contribution >= 0.6 is 35.1 Å². The molecule has 2 aromatic carbocycles. The molecule has 5 nitrogen and oxygen atoms in total. The van der Waals surface area contributed by atoms with Gasteiger partial charge in [0.2, 0.25) is 0 Å². The highest BCUT2D eigenvalue weighted by Gasteiger charge is 2.49. The number of piperidine rings is 1. The molecule has 1 saturated heterocycles. The summed E-state index contributed by atoms with van der Waals surface area (Å²) in [5.74, 6) is -2.04. The van der Waals surface area contributed by atoms with Gasteiger partial charge < -0.3 is 10.7 Å². The van der Waals surface area contributed by atoms with E-state index in [-0.39, 0.29) is 12.2 Å². The monoisotopic (exact) mass is 570 g/mol. The lowest BCUT2D eigenvalue weighted by Crippen LogP contribution is -2.49. The Labute approximate surface area is 233 Å². The summed E-state index contributed by atoms with van der Waals surface area (Å²) in [4.78, 5) is 19.3. The van der Waals surface area contributed by atoms with Crippen molar-refractivity contribution in [3.8, 4) is 0 Å². The highest BCUT2D eigenvalue weighted by atomic mass is 35.5. The standard InChI is InChI=1S/C28H22Cl2F2N4OS/c29-21-6-5-20(13-22(21)30)38-36-10-8-18-11-26(35-19-4-7-23(31)24(32)12-19)17(15-33)14-28(18,16-36)27(37)25-3-1-2-9-34-25/h1-7,9,11-13,15,33,35H,8,10,14,16H2. The molecule has 38 heavy (non-hydrogen) atoms. The van der Waals surface area contributed by atoms with Crippen LogP contribution in [-0.4, -0.2) is 34.4 Å². The molecular formula is C28H22Cl2F2N4OS. The summed E-state index contributed by atoms with van der Waals surface area (Å²) in [6.07, 6.45) is 5.50.